The molecule has 14 nitrogen and oxygen atoms in total. The van der Waals surface area contributed by atoms with Gasteiger partial charge >= 0.3 is 11.9 Å². The van der Waals surface area contributed by atoms with E-state index in [1.807, 2.05) is 6.92 Å². The number of nitrogens with one attached hydrogen (secondary N) is 1. The van der Waals surface area contributed by atoms with Crippen LogP contribution < -0.4 is 11.1 Å². The van der Waals surface area contributed by atoms with Crippen LogP contribution >= 0.6 is 11.3 Å². The first-order valence-electron chi connectivity index (χ1n) is 14.5. The van der Waals surface area contributed by atoms with Crippen molar-refractivity contribution in [2.75, 3.05) is 19.0 Å². The second-order valence-electron chi connectivity index (χ2n) is 10.5. The number of esters is 2. The van der Waals surface area contributed by atoms with E-state index in [9.17, 15) is 23.2 Å². The monoisotopic (exact) mass is 658 g/mol. The summed E-state index contributed by atoms with van der Waals surface area (Å²) in [5, 5.41) is 13.4. The average molecular weight is 659 g/mol. The zero-order chi connectivity index (χ0) is 32.8. The van der Waals surface area contributed by atoms with Crippen molar-refractivity contribution in [3.8, 4) is 22.0 Å². The Morgan fingerprint density at radius 1 is 1.13 bits per heavy atom. The number of carbonyl (C=O) groups is 3. The molecule has 5 rings (SSSR count). The highest BCUT2D eigenvalue weighted by molar-refractivity contribution is 7.13. The highest BCUT2D eigenvalue weighted by Crippen LogP contribution is 2.34. The van der Waals surface area contributed by atoms with Crippen molar-refractivity contribution in [2.45, 2.75) is 63.9 Å². The number of carbonyl (C=O) groups excluding carboxylic acids is 3. The third-order valence-corrected chi connectivity index (χ3v) is 8.19. The number of nitrogens with two attached hydrogens (primary N) is 1. The smallest absolute Gasteiger partial charge is 0.323 e. The van der Waals surface area contributed by atoms with E-state index in [4.69, 9.17) is 15.2 Å². The molecule has 4 heterocycles. The van der Waals surface area contributed by atoms with Crippen molar-refractivity contribution in [2.24, 2.45) is 5.73 Å². The summed E-state index contributed by atoms with van der Waals surface area (Å²) in [5.41, 5.74) is 6.02. The predicted octanol–water partition coefficient (Wildman–Crippen LogP) is 3.71. The van der Waals surface area contributed by atoms with Gasteiger partial charge in [-0.15, -0.1) is 11.3 Å². The van der Waals surface area contributed by atoms with Gasteiger partial charge < -0.3 is 25.3 Å². The van der Waals surface area contributed by atoms with Crippen LogP contribution in [0, 0.1) is 11.8 Å². The molecular formula is C29H32F2N8O6S. The summed E-state index contributed by atoms with van der Waals surface area (Å²) in [6.07, 6.45) is 7.63. The molecule has 1 fully saturated rings. The highest BCUT2D eigenvalue weighted by atomic mass is 32.1. The number of halogens is 2. The van der Waals surface area contributed by atoms with E-state index in [0.717, 1.165) is 37.8 Å². The molecule has 0 saturated heterocycles. The second-order valence-corrected chi connectivity index (χ2v) is 11.3. The van der Waals surface area contributed by atoms with Crippen LogP contribution in [0.5, 0.6) is 0 Å². The van der Waals surface area contributed by atoms with E-state index in [-0.39, 0.29) is 48.1 Å². The lowest BCUT2D eigenvalue weighted by molar-refractivity contribution is -0.153. The lowest BCUT2D eigenvalue weighted by Gasteiger charge is -2.28. The van der Waals surface area contributed by atoms with Crippen molar-refractivity contribution in [3.05, 3.63) is 53.6 Å². The number of amides is 1. The zero-order valence-corrected chi connectivity index (χ0v) is 25.8. The van der Waals surface area contributed by atoms with Crippen molar-refractivity contribution in [1.29, 1.82) is 0 Å². The van der Waals surface area contributed by atoms with Gasteiger partial charge in [-0.2, -0.15) is 14.6 Å². The van der Waals surface area contributed by atoms with E-state index in [2.05, 4.69) is 30.2 Å². The molecule has 1 atom stereocenters. The number of hydrogen-bond donors (Lipinski definition) is 2. The van der Waals surface area contributed by atoms with Gasteiger partial charge in [0.05, 0.1) is 37.6 Å². The molecule has 0 aliphatic heterocycles. The molecule has 1 aliphatic carbocycles. The molecule has 1 aliphatic rings. The first-order valence-corrected chi connectivity index (χ1v) is 15.3. The van der Waals surface area contributed by atoms with Crippen LogP contribution in [0.3, 0.4) is 0 Å². The fourth-order valence-electron chi connectivity index (χ4n) is 4.99. The molecule has 1 unspecified atom stereocenters. The van der Waals surface area contributed by atoms with Crippen molar-refractivity contribution >= 4 is 34.9 Å². The molecule has 0 aromatic carbocycles. The van der Waals surface area contributed by atoms with Gasteiger partial charge in [-0.3, -0.25) is 19.1 Å². The molecule has 0 bridgehead atoms. The minimum absolute atomic E-state index is 0.00361. The molecule has 3 N–H and O–H groups in total. The Bertz CT molecular complexity index is 1700. The number of ether oxygens (including phenoxy) is 3. The maximum Gasteiger partial charge on any atom is 0.323 e. The average Bonchev–Trinajstić information content (AvgIpc) is 3.82. The SMILES string of the molecule is CCOC1CCC(n2cc(NC(=O)c3csc(-c4cnn(COC(=O)CC(N)C(=O)OC)c4)n3)c(-c3nc(F)ccc3F)n2)CC1. The van der Waals surface area contributed by atoms with Crippen LogP contribution in [-0.2, 0) is 30.5 Å². The van der Waals surface area contributed by atoms with Crippen LogP contribution in [0.25, 0.3) is 22.0 Å². The van der Waals surface area contributed by atoms with Gasteiger partial charge in [0.1, 0.15) is 28.1 Å². The Kier molecular flexibility index (Phi) is 10.4. The maximum absolute atomic E-state index is 14.8. The Labute approximate surface area is 265 Å². The molecule has 4 aromatic rings. The van der Waals surface area contributed by atoms with E-state index < -0.39 is 35.7 Å². The summed E-state index contributed by atoms with van der Waals surface area (Å²) < 4.78 is 47.2. The Balaban J connectivity index is 1.28. The number of methoxy groups -OCH3 is 1. The van der Waals surface area contributed by atoms with E-state index >= 15 is 0 Å². The van der Waals surface area contributed by atoms with Crippen LogP contribution in [0.2, 0.25) is 0 Å². The van der Waals surface area contributed by atoms with Gasteiger partial charge in [-0.1, -0.05) is 0 Å². The van der Waals surface area contributed by atoms with Crippen molar-refractivity contribution < 1.29 is 37.4 Å². The first-order chi connectivity index (χ1) is 22.1. The van der Waals surface area contributed by atoms with Gasteiger partial charge in [-0.05, 0) is 44.7 Å². The Hall–Kier alpha value is -4.61. The summed E-state index contributed by atoms with van der Waals surface area (Å²) in [6.45, 7) is 2.35. The summed E-state index contributed by atoms with van der Waals surface area (Å²) in [5.74, 6) is -3.71. The topological polar surface area (TPSA) is 178 Å². The molecule has 0 spiro atoms. The number of hydrogen-bond acceptors (Lipinski definition) is 12. The van der Waals surface area contributed by atoms with Crippen LogP contribution in [-0.4, -0.2) is 73.2 Å². The first kappa shape index (κ1) is 32.8. The largest absolute Gasteiger partial charge is 0.468 e. The minimum atomic E-state index is -1.14. The van der Waals surface area contributed by atoms with Crippen molar-refractivity contribution in [1.82, 2.24) is 29.5 Å². The highest BCUT2D eigenvalue weighted by Gasteiger charge is 2.27. The van der Waals surface area contributed by atoms with Crippen molar-refractivity contribution in [3.63, 3.8) is 0 Å². The lowest BCUT2D eigenvalue weighted by atomic mass is 9.93. The second kappa shape index (κ2) is 14.7. The number of aromatic nitrogens is 6. The fraction of sp³-hybridized carbons (Fsp3) is 0.414. The molecule has 4 aromatic heterocycles. The summed E-state index contributed by atoms with van der Waals surface area (Å²) in [6, 6.07) is 0.706. The normalized spacial score (nSPS) is 17.0. The number of thiazole rings is 1. The summed E-state index contributed by atoms with van der Waals surface area (Å²) in [4.78, 5) is 44.8. The van der Waals surface area contributed by atoms with Crippen LogP contribution in [0.1, 0.15) is 55.6 Å². The van der Waals surface area contributed by atoms with Gasteiger partial charge in [-0.25, -0.2) is 19.0 Å². The van der Waals surface area contributed by atoms with E-state index in [1.165, 1.54) is 34.7 Å². The molecule has 1 amide bonds. The zero-order valence-electron chi connectivity index (χ0n) is 25.0. The summed E-state index contributed by atoms with van der Waals surface area (Å²) >= 11 is 1.17. The third-order valence-electron chi connectivity index (χ3n) is 7.30. The quantitative estimate of drug-likeness (QED) is 0.167. The standard InChI is InChI=1S/C29H32F2N8O6S/c1-3-44-18-6-4-17(5-7-18)39-13-21(26(37-39)25-19(30)8-9-23(31)36-25)34-27(41)22-14-46-28(35-22)16-11-33-38(12-16)15-45-24(40)10-20(32)29(42)43-2/h8-9,11-14,17-18,20H,3-7,10,15,32H2,1-2H3,(H,34,41). The predicted molar refractivity (Wildman–Crippen MR) is 160 cm³/mol. The summed E-state index contributed by atoms with van der Waals surface area (Å²) in [7, 11) is 1.17. The number of pyridine rings is 1. The van der Waals surface area contributed by atoms with Gasteiger partial charge in [0.15, 0.2) is 12.5 Å². The molecular weight excluding hydrogens is 626 g/mol. The maximum atomic E-state index is 14.8. The third kappa shape index (κ3) is 7.78. The number of rotatable bonds is 12. The minimum Gasteiger partial charge on any atom is -0.468 e. The molecule has 1 saturated carbocycles. The van der Waals surface area contributed by atoms with E-state index in [0.29, 0.717) is 17.2 Å². The molecule has 17 heteroatoms. The number of nitrogens with zero attached hydrogens (tertiary/aromatic N) is 6. The number of anilines is 1. The Morgan fingerprint density at radius 2 is 1.91 bits per heavy atom. The van der Waals surface area contributed by atoms with Gasteiger partial charge in [0.2, 0.25) is 5.95 Å². The lowest BCUT2D eigenvalue weighted by Crippen LogP contribution is -2.34. The van der Waals surface area contributed by atoms with Gasteiger partial charge in [0.25, 0.3) is 5.91 Å². The molecule has 46 heavy (non-hydrogen) atoms. The fourth-order valence-corrected chi connectivity index (χ4v) is 5.77. The molecule has 0 radical (unpaired) electrons. The van der Waals surface area contributed by atoms with Crippen LogP contribution in [0.4, 0.5) is 14.5 Å². The Morgan fingerprint density at radius 3 is 2.65 bits per heavy atom. The van der Waals surface area contributed by atoms with Gasteiger partial charge in [0, 0.05) is 29.9 Å². The molecule has 244 valence electrons. The van der Waals surface area contributed by atoms with E-state index in [1.54, 1.807) is 17.1 Å². The van der Waals surface area contributed by atoms with Crippen LogP contribution in [0.15, 0.2) is 36.1 Å².